The molecule has 6 heteroatoms. The van der Waals surface area contributed by atoms with Gasteiger partial charge in [-0.15, -0.1) is 0 Å². The zero-order valence-electron chi connectivity index (χ0n) is 11.9. The summed E-state index contributed by atoms with van der Waals surface area (Å²) in [5.41, 5.74) is 0.983. The predicted octanol–water partition coefficient (Wildman–Crippen LogP) is 2.48. The largest absolute Gasteiger partial charge is 0.486 e. The van der Waals surface area contributed by atoms with E-state index in [9.17, 15) is 0 Å². The molecule has 0 atom stereocenters. The Bertz CT molecular complexity index is 594. The molecule has 5 nitrogen and oxygen atoms in total. The van der Waals surface area contributed by atoms with E-state index >= 15 is 0 Å². The van der Waals surface area contributed by atoms with Crippen molar-refractivity contribution < 1.29 is 9.47 Å². The van der Waals surface area contributed by atoms with E-state index in [2.05, 4.69) is 15.6 Å². The maximum atomic E-state index is 5.62. The van der Waals surface area contributed by atoms with Gasteiger partial charge in [-0.2, -0.15) is 0 Å². The third-order valence-electron chi connectivity index (χ3n) is 4.05. The Morgan fingerprint density at radius 2 is 1.95 bits per heavy atom. The fraction of sp³-hybridized carbons (Fsp3) is 0.533. The van der Waals surface area contributed by atoms with Crippen LogP contribution < -0.4 is 20.1 Å². The summed E-state index contributed by atoms with van der Waals surface area (Å²) < 4.78 is 12.4. The van der Waals surface area contributed by atoms with E-state index in [0.717, 1.165) is 52.4 Å². The zero-order chi connectivity index (χ0) is 14.1. The molecular weight excluding hydrogens is 286 g/mol. The monoisotopic (exact) mass is 305 g/mol. The second-order valence-corrected chi connectivity index (χ2v) is 6.59. The average molecular weight is 305 g/mol. The van der Waals surface area contributed by atoms with E-state index in [4.69, 9.17) is 9.47 Å². The van der Waals surface area contributed by atoms with Crippen molar-refractivity contribution in [3.8, 4) is 11.5 Å². The summed E-state index contributed by atoms with van der Waals surface area (Å²) in [6, 6.07) is 4.02. The van der Waals surface area contributed by atoms with Crippen LogP contribution in [0, 0.1) is 5.92 Å². The molecule has 0 radical (unpaired) electrons. The second-order valence-electron chi connectivity index (χ2n) is 5.56. The normalized spacial score (nSPS) is 18.9. The van der Waals surface area contributed by atoms with Crippen LogP contribution in [0.1, 0.15) is 12.8 Å². The molecule has 1 fully saturated rings. The fourth-order valence-electron chi connectivity index (χ4n) is 2.86. The van der Waals surface area contributed by atoms with Crippen molar-refractivity contribution in [1.29, 1.82) is 0 Å². The first-order chi connectivity index (χ1) is 10.4. The molecule has 1 aromatic carbocycles. The van der Waals surface area contributed by atoms with Gasteiger partial charge in [0.15, 0.2) is 16.6 Å². The first-order valence-corrected chi connectivity index (χ1v) is 8.35. The standard InChI is InChI=1S/C15H19N3O2S/c1-3-16-4-2-10(1)9-17-15-18-11-7-12-13(8-14(11)21-15)20-6-5-19-12/h7-8,10,16H,1-6,9H2,(H,17,18). The zero-order valence-corrected chi connectivity index (χ0v) is 12.7. The molecule has 0 aliphatic carbocycles. The molecule has 2 aliphatic heterocycles. The van der Waals surface area contributed by atoms with Crippen LogP contribution in [0.5, 0.6) is 11.5 Å². The highest BCUT2D eigenvalue weighted by molar-refractivity contribution is 7.22. The molecule has 0 amide bonds. The number of fused-ring (bicyclic) bond motifs is 2. The fourth-order valence-corrected chi connectivity index (χ4v) is 3.74. The number of nitrogens with one attached hydrogen (secondary N) is 2. The van der Waals surface area contributed by atoms with Gasteiger partial charge in [-0.3, -0.25) is 0 Å². The minimum Gasteiger partial charge on any atom is -0.486 e. The van der Waals surface area contributed by atoms with Crippen molar-refractivity contribution in [1.82, 2.24) is 10.3 Å². The van der Waals surface area contributed by atoms with E-state index in [1.165, 1.54) is 12.8 Å². The number of thiazole rings is 1. The van der Waals surface area contributed by atoms with Crippen molar-refractivity contribution in [2.24, 2.45) is 5.92 Å². The highest BCUT2D eigenvalue weighted by atomic mass is 32.1. The van der Waals surface area contributed by atoms with Gasteiger partial charge in [-0.1, -0.05) is 11.3 Å². The Morgan fingerprint density at radius 3 is 2.76 bits per heavy atom. The Hall–Kier alpha value is -1.53. The summed E-state index contributed by atoms with van der Waals surface area (Å²) in [6.07, 6.45) is 2.49. The quantitative estimate of drug-likeness (QED) is 0.912. The number of benzene rings is 1. The SMILES string of the molecule is c1c2c(cc3sc(NCC4CCNCC4)nc13)OCCO2. The number of piperidine rings is 1. The lowest BCUT2D eigenvalue weighted by atomic mass is 9.98. The molecule has 1 saturated heterocycles. The van der Waals surface area contributed by atoms with E-state index < -0.39 is 0 Å². The first kappa shape index (κ1) is 13.2. The van der Waals surface area contributed by atoms with E-state index in [-0.39, 0.29) is 0 Å². The summed E-state index contributed by atoms with van der Waals surface area (Å²) in [4.78, 5) is 4.66. The number of hydrogen-bond acceptors (Lipinski definition) is 6. The summed E-state index contributed by atoms with van der Waals surface area (Å²) in [5, 5.41) is 7.88. The molecule has 112 valence electrons. The van der Waals surface area contributed by atoms with Crippen LogP contribution in [-0.2, 0) is 0 Å². The lowest BCUT2D eigenvalue weighted by Gasteiger charge is -2.22. The molecular formula is C15H19N3O2S. The van der Waals surface area contributed by atoms with Crippen molar-refractivity contribution in [2.45, 2.75) is 12.8 Å². The number of anilines is 1. The Morgan fingerprint density at radius 1 is 1.19 bits per heavy atom. The highest BCUT2D eigenvalue weighted by Gasteiger charge is 2.16. The Labute approximate surface area is 127 Å². The molecule has 0 saturated carbocycles. The van der Waals surface area contributed by atoms with Crippen molar-refractivity contribution in [3.05, 3.63) is 12.1 Å². The van der Waals surface area contributed by atoms with Gasteiger partial charge in [-0.25, -0.2) is 4.98 Å². The Kier molecular flexibility index (Phi) is 3.57. The molecule has 2 aromatic rings. The third-order valence-corrected chi connectivity index (χ3v) is 5.03. The molecule has 0 unspecified atom stereocenters. The summed E-state index contributed by atoms with van der Waals surface area (Å²) in [7, 11) is 0. The minimum absolute atomic E-state index is 0.615. The molecule has 2 N–H and O–H groups in total. The van der Waals surface area contributed by atoms with Crippen LogP contribution in [0.2, 0.25) is 0 Å². The number of aromatic nitrogens is 1. The maximum Gasteiger partial charge on any atom is 0.183 e. The number of nitrogens with zero attached hydrogens (tertiary/aromatic N) is 1. The van der Waals surface area contributed by atoms with Gasteiger partial charge < -0.3 is 20.1 Å². The lowest BCUT2D eigenvalue weighted by Crippen LogP contribution is -2.31. The summed E-state index contributed by atoms with van der Waals surface area (Å²) in [6.45, 7) is 4.51. The van der Waals surface area contributed by atoms with Crippen LogP contribution in [0.25, 0.3) is 10.2 Å². The van der Waals surface area contributed by atoms with Crippen LogP contribution in [-0.4, -0.2) is 37.8 Å². The van der Waals surface area contributed by atoms with Gasteiger partial charge in [0.25, 0.3) is 0 Å². The predicted molar refractivity (Wildman–Crippen MR) is 84.7 cm³/mol. The molecule has 3 heterocycles. The van der Waals surface area contributed by atoms with E-state index in [1.807, 2.05) is 12.1 Å². The van der Waals surface area contributed by atoms with Crippen LogP contribution in [0.4, 0.5) is 5.13 Å². The highest BCUT2D eigenvalue weighted by Crippen LogP contribution is 2.37. The molecule has 2 aliphatic rings. The molecule has 0 bridgehead atoms. The van der Waals surface area contributed by atoms with Gasteiger partial charge >= 0.3 is 0 Å². The molecule has 4 rings (SSSR count). The van der Waals surface area contributed by atoms with Crippen LogP contribution >= 0.6 is 11.3 Å². The molecule has 21 heavy (non-hydrogen) atoms. The first-order valence-electron chi connectivity index (χ1n) is 7.53. The van der Waals surface area contributed by atoms with Gasteiger partial charge in [0.1, 0.15) is 13.2 Å². The van der Waals surface area contributed by atoms with Gasteiger partial charge in [0, 0.05) is 18.7 Å². The number of ether oxygens (including phenoxy) is 2. The average Bonchev–Trinajstić information content (AvgIpc) is 2.93. The van der Waals surface area contributed by atoms with Gasteiger partial charge in [0.05, 0.1) is 10.2 Å². The van der Waals surface area contributed by atoms with Crippen molar-refractivity contribution in [3.63, 3.8) is 0 Å². The molecule has 1 aromatic heterocycles. The number of rotatable bonds is 3. The topological polar surface area (TPSA) is 55.4 Å². The molecule has 0 spiro atoms. The lowest BCUT2D eigenvalue weighted by molar-refractivity contribution is 0.172. The van der Waals surface area contributed by atoms with Crippen LogP contribution in [0.3, 0.4) is 0 Å². The second kappa shape index (κ2) is 5.69. The van der Waals surface area contributed by atoms with Crippen molar-refractivity contribution >= 4 is 26.7 Å². The van der Waals surface area contributed by atoms with E-state index in [1.54, 1.807) is 11.3 Å². The van der Waals surface area contributed by atoms with Gasteiger partial charge in [0.2, 0.25) is 0 Å². The maximum absolute atomic E-state index is 5.62. The smallest absolute Gasteiger partial charge is 0.183 e. The van der Waals surface area contributed by atoms with Gasteiger partial charge in [-0.05, 0) is 31.8 Å². The van der Waals surface area contributed by atoms with Crippen molar-refractivity contribution in [2.75, 3.05) is 38.2 Å². The van der Waals surface area contributed by atoms with E-state index in [0.29, 0.717) is 13.2 Å². The number of hydrogen-bond donors (Lipinski definition) is 2. The third kappa shape index (κ3) is 2.78. The van der Waals surface area contributed by atoms with Crippen LogP contribution in [0.15, 0.2) is 12.1 Å². The summed E-state index contributed by atoms with van der Waals surface area (Å²) >= 11 is 1.69. The minimum atomic E-state index is 0.615. The summed E-state index contributed by atoms with van der Waals surface area (Å²) in [5.74, 6) is 2.39. The Balaban J connectivity index is 1.50.